The van der Waals surface area contributed by atoms with E-state index in [9.17, 15) is 9.59 Å². The molecule has 2 aromatic heterocycles. The van der Waals surface area contributed by atoms with Crippen LogP contribution in [0.15, 0.2) is 78.9 Å². The molecule has 208 valence electrons. The van der Waals surface area contributed by atoms with Crippen LogP contribution >= 0.6 is 0 Å². The topological polar surface area (TPSA) is 134 Å². The number of fused-ring (bicyclic) bond motifs is 1. The van der Waals surface area contributed by atoms with Crippen molar-refractivity contribution >= 4 is 34.4 Å². The zero-order chi connectivity index (χ0) is 28.3. The van der Waals surface area contributed by atoms with Crippen LogP contribution in [-0.4, -0.2) is 62.6 Å². The van der Waals surface area contributed by atoms with Crippen LogP contribution in [-0.2, 0) is 6.54 Å². The van der Waals surface area contributed by atoms with Gasteiger partial charge < -0.3 is 25.8 Å². The van der Waals surface area contributed by atoms with Crippen molar-refractivity contribution in [3.8, 4) is 11.5 Å². The Labute approximate surface area is 237 Å². The van der Waals surface area contributed by atoms with Crippen molar-refractivity contribution in [3.05, 3.63) is 95.6 Å². The molecule has 1 fully saturated rings. The smallest absolute Gasteiger partial charge is 0.256 e. The predicted molar refractivity (Wildman–Crippen MR) is 160 cm³/mol. The van der Waals surface area contributed by atoms with Crippen LogP contribution in [0.25, 0.3) is 22.6 Å². The number of likely N-dealkylation sites (tertiary alicyclic amines) is 1. The van der Waals surface area contributed by atoms with Crippen LogP contribution in [0.1, 0.15) is 39.1 Å². The second kappa shape index (κ2) is 11.3. The monoisotopic (exact) mass is 548 g/mol. The standard InChI is InChI=1S/C31H32N8O2/c1-38-16-14-23(15-17-38)33-22-12-10-20(11-13-22)31(41)35-28-18-26(36-37-28)30-34-25-8-4-5-9-27(25)39(30)19-21-6-2-3-7-24(21)29(32)40/h2-13,18,23,33H,14-17,19H2,1H3,(H2,32,40)(H2,35,36,37,41). The molecule has 0 aliphatic carbocycles. The number of H-pyrrole nitrogens is 1. The zero-order valence-electron chi connectivity index (χ0n) is 22.8. The summed E-state index contributed by atoms with van der Waals surface area (Å²) in [4.78, 5) is 32.2. The number of anilines is 2. The number of rotatable bonds is 8. The number of carbonyl (C=O) groups excluding carboxylic acids is 2. The fourth-order valence-corrected chi connectivity index (χ4v) is 5.30. The lowest BCUT2D eigenvalue weighted by Gasteiger charge is -2.30. The van der Waals surface area contributed by atoms with Crippen molar-refractivity contribution < 1.29 is 9.59 Å². The van der Waals surface area contributed by atoms with Gasteiger partial charge in [0.2, 0.25) is 5.91 Å². The maximum absolute atomic E-state index is 13.0. The number of nitrogens with zero attached hydrogens (tertiary/aromatic N) is 4. The Hall–Kier alpha value is -4.96. The van der Waals surface area contributed by atoms with E-state index in [2.05, 4.69) is 32.8 Å². The minimum absolute atomic E-state index is 0.241. The maximum atomic E-state index is 13.0. The molecular weight excluding hydrogens is 516 g/mol. The molecule has 41 heavy (non-hydrogen) atoms. The second-order valence-corrected chi connectivity index (χ2v) is 10.5. The molecule has 6 rings (SSSR count). The lowest BCUT2D eigenvalue weighted by molar-refractivity contribution is 0.0996. The fraction of sp³-hybridized carbons (Fsp3) is 0.226. The number of aromatic nitrogens is 4. The molecule has 5 aromatic rings. The van der Waals surface area contributed by atoms with Crippen LogP contribution < -0.4 is 16.4 Å². The number of nitrogens with two attached hydrogens (primary N) is 1. The highest BCUT2D eigenvalue weighted by Gasteiger charge is 2.19. The van der Waals surface area contributed by atoms with Crippen molar-refractivity contribution in [2.45, 2.75) is 25.4 Å². The first-order valence-electron chi connectivity index (χ1n) is 13.7. The van der Waals surface area contributed by atoms with Gasteiger partial charge in [0.25, 0.3) is 5.91 Å². The third-order valence-corrected chi connectivity index (χ3v) is 7.56. The summed E-state index contributed by atoms with van der Waals surface area (Å²) < 4.78 is 1.99. The third-order valence-electron chi connectivity index (χ3n) is 7.56. The highest BCUT2D eigenvalue weighted by atomic mass is 16.2. The minimum atomic E-state index is -0.484. The van der Waals surface area contributed by atoms with Gasteiger partial charge >= 0.3 is 0 Å². The molecule has 1 aliphatic heterocycles. The molecule has 2 amide bonds. The Morgan fingerprint density at radius 3 is 2.51 bits per heavy atom. The molecule has 3 heterocycles. The van der Waals surface area contributed by atoms with Crippen molar-refractivity contribution in [2.24, 2.45) is 5.73 Å². The Bertz CT molecular complexity index is 1700. The Morgan fingerprint density at radius 2 is 1.73 bits per heavy atom. The quantitative estimate of drug-likeness (QED) is 0.228. The molecule has 5 N–H and O–H groups in total. The largest absolute Gasteiger partial charge is 0.382 e. The number of benzene rings is 3. The molecule has 0 saturated carbocycles. The van der Waals surface area contributed by atoms with Gasteiger partial charge in [-0.3, -0.25) is 14.7 Å². The molecule has 0 unspecified atom stereocenters. The Balaban J connectivity index is 1.20. The molecule has 0 spiro atoms. The van der Waals surface area contributed by atoms with Crippen LogP contribution in [0.2, 0.25) is 0 Å². The maximum Gasteiger partial charge on any atom is 0.256 e. The van der Waals surface area contributed by atoms with E-state index >= 15 is 0 Å². The van der Waals surface area contributed by atoms with Crippen molar-refractivity contribution in [2.75, 3.05) is 30.8 Å². The number of hydrogen-bond acceptors (Lipinski definition) is 6. The summed E-state index contributed by atoms with van der Waals surface area (Å²) in [5, 5.41) is 13.8. The van der Waals surface area contributed by atoms with Crippen molar-refractivity contribution in [1.82, 2.24) is 24.6 Å². The first-order chi connectivity index (χ1) is 19.9. The van der Waals surface area contributed by atoms with E-state index in [-0.39, 0.29) is 5.91 Å². The van der Waals surface area contributed by atoms with Gasteiger partial charge in [0.15, 0.2) is 5.82 Å². The third kappa shape index (κ3) is 5.68. The lowest BCUT2D eigenvalue weighted by Crippen LogP contribution is -2.36. The second-order valence-electron chi connectivity index (χ2n) is 10.5. The number of carbonyl (C=O) groups is 2. The first kappa shape index (κ1) is 26.3. The highest BCUT2D eigenvalue weighted by molar-refractivity contribution is 6.04. The summed E-state index contributed by atoms with van der Waals surface area (Å²) in [5.74, 6) is 0.332. The van der Waals surface area contributed by atoms with Crippen molar-refractivity contribution in [3.63, 3.8) is 0 Å². The number of nitrogens with one attached hydrogen (secondary N) is 3. The average molecular weight is 549 g/mol. The average Bonchev–Trinajstić information content (AvgIpc) is 3.59. The number of imidazole rings is 1. The van der Waals surface area contributed by atoms with E-state index in [0.29, 0.717) is 41.0 Å². The van der Waals surface area contributed by atoms with E-state index in [4.69, 9.17) is 10.7 Å². The van der Waals surface area contributed by atoms with Gasteiger partial charge in [0, 0.05) is 28.9 Å². The summed E-state index contributed by atoms with van der Waals surface area (Å²) in [6.07, 6.45) is 2.21. The zero-order valence-corrected chi connectivity index (χ0v) is 22.8. The Kier molecular flexibility index (Phi) is 7.22. The molecule has 10 heteroatoms. The van der Waals surface area contributed by atoms with Gasteiger partial charge in [0.05, 0.1) is 17.6 Å². The predicted octanol–water partition coefficient (Wildman–Crippen LogP) is 4.33. The van der Waals surface area contributed by atoms with Gasteiger partial charge in [-0.2, -0.15) is 5.10 Å². The Morgan fingerprint density at radius 1 is 1.00 bits per heavy atom. The molecule has 0 radical (unpaired) electrons. The number of hydrogen-bond donors (Lipinski definition) is 4. The van der Waals surface area contributed by atoms with Gasteiger partial charge in [-0.05, 0) is 81.0 Å². The highest BCUT2D eigenvalue weighted by Crippen LogP contribution is 2.27. The van der Waals surface area contributed by atoms with Gasteiger partial charge in [0.1, 0.15) is 11.5 Å². The van der Waals surface area contributed by atoms with E-state index in [1.807, 2.05) is 65.2 Å². The number of amides is 2. The lowest BCUT2D eigenvalue weighted by atomic mass is 10.0. The summed E-state index contributed by atoms with van der Waals surface area (Å²) >= 11 is 0. The van der Waals surface area contributed by atoms with E-state index < -0.39 is 5.91 Å². The summed E-state index contributed by atoms with van der Waals surface area (Å²) in [5.41, 5.74) is 10.7. The van der Waals surface area contributed by atoms with E-state index in [0.717, 1.165) is 48.2 Å². The van der Waals surface area contributed by atoms with E-state index in [1.165, 1.54) is 0 Å². The number of primary amides is 1. The summed E-state index contributed by atoms with van der Waals surface area (Å²) in [6.45, 7) is 2.55. The van der Waals surface area contributed by atoms with Gasteiger partial charge in [-0.1, -0.05) is 30.3 Å². The van der Waals surface area contributed by atoms with Crippen LogP contribution in [0.4, 0.5) is 11.5 Å². The summed E-state index contributed by atoms with van der Waals surface area (Å²) in [6, 6.07) is 24.7. The number of para-hydroxylation sites is 2. The molecule has 1 saturated heterocycles. The summed E-state index contributed by atoms with van der Waals surface area (Å²) in [7, 11) is 2.15. The normalized spacial score (nSPS) is 14.3. The minimum Gasteiger partial charge on any atom is -0.382 e. The van der Waals surface area contributed by atoms with E-state index in [1.54, 1.807) is 18.2 Å². The molecule has 0 bridgehead atoms. The van der Waals surface area contributed by atoms with Gasteiger partial charge in [-0.25, -0.2) is 4.98 Å². The molecule has 0 atom stereocenters. The number of piperidine rings is 1. The molecular formula is C31H32N8O2. The van der Waals surface area contributed by atoms with Crippen LogP contribution in [0, 0.1) is 0 Å². The fourth-order valence-electron chi connectivity index (χ4n) is 5.30. The molecule has 1 aliphatic rings. The van der Waals surface area contributed by atoms with Gasteiger partial charge in [-0.15, -0.1) is 0 Å². The van der Waals surface area contributed by atoms with Crippen LogP contribution in [0.5, 0.6) is 0 Å². The molecule has 10 nitrogen and oxygen atoms in total. The molecule has 3 aromatic carbocycles. The van der Waals surface area contributed by atoms with Crippen molar-refractivity contribution in [1.29, 1.82) is 0 Å². The SMILES string of the molecule is CN1CCC(Nc2ccc(C(=O)Nc3cc(-c4nc5ccccc5n4Cc4ccccc4C(N)=O)n[nH]3)cc2)CC1. The van der Waals surface area contributed by atoms with Crippen LogP contribution in [0.3, 0.4) is 0 Å². The number of aromatic amines is 1. The first-order valence-corrected chi connectivity index (χ1v) is 13.7.